The summed E-state index contributed by atoms with van der Waals surface area (Å²) in [6.45, 7) is 2.00. The molecule has 0 saturated carbocycles. The maximum absolute atomic E-state index is 13.1. The van der Waals surface area contributed by atoms with Crippen molar-refractivity contribution in [3.05, 3.63) is 63.4 Å². The standard InChI is InChI=1S/C18H17ClN2O2S/c1-12-14(19)7-4-9-16(12)21-17(23)13-6-2-3-8-15(13)20-18(21)24-11-5-10-22/h2-4,6-9,22H,5,10-11H2,1H3. The quantitative estimate of drug-likeness (QED) is 0.427. The molecule has 3 aromatic rings. The lowest BCUT2D eigenvalue weighted by Crippen LogP contribution is -2.22. The highest BCUT2D eigenvalue weighted by Crippen LogP contribution is 2.26. The molecular weight excluding hydrogens is 344 g/mol. The van der Waals surface area contributed by atoms with Crippen molar-refractivity contribution < 1.29 is 5.11 Å². The Kier molecular flexibility index (Phi) is 5.23. The summed E-state index contributed by atoms with van der Waals surface area (Å²) in [6, 6.07) is 12.8. The van der Waals surface area contributed by atoms with Crippen LogP contribution in [0.3, 0.4) is 0 Å². The molecule has 0 aliphatic rings. The third kappa shape index (κ3) is 3.20. The summed E-state index contributed by atoms with van der Waals surface area (Å²) in [4.78, 5) is 17.7. The third-order valence-electron chi connectivity index (χ3n) is 3.76. The Labute approximate surface area is 149 Å². The minimum atomic E-state index is -0.113. The fourth-order valence-electron chi connectivity index (χ4n) is 2.49. The van der Waals surface area contributed by atoms with E-state index < -0.39 is 0 Å². The molecule has 0 bridgehead atoms. The van der Waals surface area contributed by atoms with Gasteiger partial charge in [-0.05, 0) is 43.2 Å². The minimum absolute atomic E-state index is 0.112. The second-order valence-electron chi connectivity index (χ2n) is 5.36. The van der Waals surface area contributed by atoms with Crippen molar-refractivity contribution in [1.82, 2.24) is 9.55 Å². The predicted molar refractivity (Wildman–Crippen MR) is 99.5 cm³/mol. The van der Waals surface area contributed by atoms with E-state index in [1.807, 2.05) is 37.3 Å². The Morgan fingerprint density at radius 3 is 2.79 bits per heavy atom. The second-order valence-corrected chi connectivity index (χ2v) is 6.83. The van der Waals surface area contributed by atoms with Gasteiger partial charge in [0.05, 0.1) is 16.6 Å². The Morgan fingerprint density at radius 1 is 1.21 bits per heavy atom. The zero-order valence-corrected chi connectivity index (χ0v) is 14.8. The lowest BCUT2D eigenvalue weighted by Gasteiger charge is -2.15. The van der Waals surface area contributed by atoms with Crippen LogP contribution in [0, 0.1) is 6.92 Å². The lowest BCUT2D eigenvalue weighted by molar-refractivity contribution is 0.296. The average molecular weight is 361 g/mol. The van der Waals surface area contributed by atoms with E-state index in [0.717, 1.165) is 11.3 Å². The summed E-state index contributed by atoms with van der Waals surface area (Å²) in [5, 5.41) is 10.8. The summed E-state index contributed by atoms with van der Waals surface area (Å²) in [7, 11) is 0. The summed E-state index contributed by atoms with van der Waals surface area (Å²) in [6.07, 6.45) is 0.641. The first-order valence-corrected chi connectivity index (χ1v) is 9.01. The van der Waals surface area contributed by atoms with Crippen LogP contribution in [-0.4, -0.2) is 27.0 Å². The first-order chi connectivity index (χ1) is 11.6. The van der Waals surface area contributed by atoms with Crippen LogP contribution >= 0.6 is 23.4 Å². The Hall–Kier alpha value is -1.82. The summed E-state index contributed by atoms with van der Waals surface area (Å²) in [5.74, 6) is 0.681. The van der Waals surface area contributed by atoms with Crippen LogP contribution in [0.4, 0.5) is 0 Å². The number of thioether (sulfide) groups is 1. The highest BCUT2D eigenvalue weighted by Gasteiger charge is 2.15. The van der Waals surface area contributed by atoms with E-state index >= 15 is 0 Å². The number of nitrogens with zero attached hydrogens (tertiary/aromatic N) is 2. The van der Waals surface area contributed by atoms with Gasteiger partial charge in [-0.3, -0.25) is 9.36 Å². The van der Waals surface area contributed by atoms with Gasteiger partial charge in [-0.1, -0.05) is 41.6 Å². The fraction of sp³-hybridized carbons (Fsp3) is 0.222. The normalized spacial score (nSPS) is 11.1. The monoisotopic (exact) mass is 360 g/mol. The van der Waals surface area contributed by atoms with Gasteiger partial charge in [-0.25, -0.2) is 4.98 Å². The molecule has 1 heterocycles. The third-order valence-corrected chi connectivity index (χ3v) is 5.19. The van der Waals surface area contributed by atoms with Crippen LogP contribution in [0.5, 0.6) is 0 Å². The van der Waals surface area contributed by atoms with Crippen molar-refractivity contribution >= 4 is 34.3 Å². The van der Waals surface area contributed by atoms with Gasteiger partial charge in [0.1, 0.15) is 0 Å². The Morgan fingerprint density at radius 2 is 2.00 bits per heavy atom. The number of halogens is 1. The number of rotatable bonds is 5. The van der Waals surface area contributed by atoms with Crippen LogP contribution in [0.1, 0.15) is 12.0 Å². The molecule has 3 rings (SSSR count). The van der Waals surface area contributed by atoms with Crippen LogP contribution in [0.2, 0.25) is 5.02 Å². The highest BCUT2D eigenvalue weighted by atomic mass is 35.5. The van der Waals surface area contributed by atoms with Crippen molar-refractivity contribution in [2.45, 2.75) is 18.5 Å². The molecule has 0 fully saturated rings. The van der Waals surface area contributed by atoms with Gasteiger partial charge in [0.25, 0.3) is 5.56 Å². The average Bonchev–Trinajstić information content (AvgIpc) is 2.59. The van der Waals surface area contributed by atoms with Gasteiger partial charge in [0, 0.05) is 17.4 Å². The van der Waals surface area contributed by atoms with Gasteiger partial charge >= 0.3 is 0 Å². The van der Waals surface area contributed by atoms with E-state index in [1.165, 1.54) is 11.8 Å². The molecule has 1 N–H and O–H groups in total. The lowest BCUT2D eigenvalue weighted by atomic mass is 10.2. The van der Waals surface area contributed by atoms with Crippen molar-refractivity contribution in [2.75, 3.05) is 12.4 Å². The summed E-state index contributed by atoms with van der Waals surface area (Å²) in [5.41, 5.74) is 2.13. The van der Waals surface area contributed by atoms with Crippen LogP contribution in [-0.2, 0) is 0 Å². The zero-order valence-electron chi connectivity index (χ0n) is 13.2. The molecule has 0 unspecified atom stereocenters. The van der Waals surface area contributed by atoms with Crippen molar-refractivity contribution in [3.8, 4) is 5.69 Å². The number of hydrogen-bond acceptors (Lipinski definition) is 4. The molecule has 4 nitrogen and oxygen atoms in total. The summed E-state index contributed by atoms with van der Waals surface area (Å²) >= 11 is 7.70. The molecule has 24 heavy (non-hydrogen) atoms. The van der Waals surface area contributed by atoms with Crippen LogP contribution in [0.15, 0.2) is 52.4 Å². The van der Waals surface area contributed by atoms with Crippen LogP contribution < -0.4 is 5.56 Å². The molecule has 0 amide bonds. The van der Waals surface area contributed by atoms with Gasteiger partial charge in [-0.15, -0.1) is 0 Å². The van der Waals surface area contributed by atoms with Crippen molar-refractivity contribution in [2.24, 2.45) is 0 Å². The molecule has 0 saturated heterocycles. The first kappa shape index (κ1) is 17.0. The van der Waals surface area contributed by atoms with E-state index in [1.54, 1.807) is 16.7 Å². The zero-order chi connectivity index (χ0) is 17.1. The van der Waals surface area contributed by atoms with E-state index in [2.05, 4.69) is 4.98 Å². The van der Waals surface area contributed by atoms with Gasteiger partial charge in [0.15, 0.2) is 5.16 Å². The number of aromatic nitrogens is 2. The Balaban J connectivity index is 2.27. The molecule has 6 heteroatoms. The van der Waals surface area contributed by atoms with Crippen LogP contribution in [0.25, 0.3) is 16.6 Å². The number of benzene rings is 2. The smallest absolute Gasteiger partial charge is 0.266 e. The maximum Gasteiger partial charge on any atom is 0.266 e. The number of para-hydroxylation sites is 1. The second kappa shape index (κ2) is 7.38. The number of fused-ring (bicyclic) bond motifs is 1. The molecule has 2 aromatic carbocycles. The molecule has 124 valence electrons. The van der Waals surface area contributed by atoms with Gasteiger partial charge in [-0.2, -0.15) is 0 Å². The summed E-state index contributed by atoms with van der Waals surface area (Å²) < 4.78 is 1.62. The maximum atomic E-state index is 13.1. The number of aliphatic hydroxyl groups is 1. The minimum Gasteiger partial charge on any atom is -0.396 e. The molecule has 0 radical (unpaired) electrons. The molecule has 0 aliphatic heterocycles. The number of aliphatic hydroxyl groups excluding tert-OH is 1. The van der Waals surface area contributed by atoms with Gasteiger partial charge < -0.3 is 5.11 Å². The molecule has 0 spiro atoms. The topological polar surface area (TPSA) is 55.1 Å². The predicted octanol–water partition coefficient (Wildman–Crippen LogP) is 3.82. The Bertz CT molecular complexity index is 940. The molecule has 1 aromatic heterocycles. The van der Waals surface area contributed by atoms with Crippen molar-refractivity contribution in [1.29, 1.82) is 0 Å². The fourth-order valence-corrected chi connectivity index (χ4v) is 3.59. The van der Waals surface area contributed by atoms with Gasteiger partial charge in [0.2, 0.25) is 0 Å². The largest absolute Gasteiger partial charge is 0.396 e. The molecular formula is C18H17ClN2O2S. The molecule has 0 aliphatic carbocycles. The number of hydrogen-bond donors (Lipinski definition) is 1. The highest BCUT2D eigenvalue weighted by molar-refractivity contribution is 7.99. The molecule has 0 atom stereocenters. The van der Waals surface area contributed by atoms with E-state index in [4.69, 9.17) is 16.7 Å². The van der Waals surface area contributed by atoms with E-state index in [9.17, 15) is 4.79 Å². The van der Waals surface area contributed by atoms with E-state index in [0.29, 0.717) is 33.3 Å². The van der Waals surface area contributed by atoms with Crippen molar-refractivity contribution in [3.63, 3.8) is 0 Å². The first-order valence-electron chi connectivity index (χ1n) is 7.64. The SMILES string of the molecule is Cc1c(Cl)cccc1-n1c(SCCCO)nc2ccccc2c1=O. The van der Waals surface area contributed by atoms with E-state index in [-0.39, 0.29) is 12.2 Å².